The number of piperazine rings is 1. The van der Waals surface area contributed by atoms with Gasteiger partial charge in [0.2, 0.25) is 0 Å². The van der Waals surface area contributed by atoms with Gasteiger partial charge in [0, 0.05) is 38.4 Å². The standard InChI is InChI=1S/C18H19Cl2N3O2/c1-21-6-8-22(9-7-21)18(25)14-3-5-17(24)23(12-14)11-13-2-4-15(19)16(20)10-13/h2-5,10,12H,6-9,11H2,1H3. The highest BCUT2D eigenvalue weighted by Crippen LogP contribution is 2.22. The molecule has 1 aromatic carbocycles. The van der Waals surface area contributed by atoms with Crippen molar-refractivity contribution in [3.8, 4) is 0 Å². The Morgan fingerprint density at radius 1 is 1.04 bits per heavy atom. The highest BCUT2D eigenvalue weighted by atomic mass is 35.5. The van der Waals surface area contributed by atoms with Crippen LogP contribution in [-0.2, 0) is 6.54 Å². The first-order valence-corrected chi connectivity index (χ1v) is 8.82. The summed E-state index contributed by atoms with van der Waals surface area (Å²) in [5.74, 6) is -0.0454. The SMILES string of the molecule is CN1CCN(C(=O)c2ccc(=O)n(Cc3ccc(Cl)c(Cl)c3)c2)CC1. The van der Waals surface area contributed by atoms with Crippen molar-refractivity contribution in [1.82, 2.24) is 14.4 Å². The molecule has 1 aliphatic heterocycles. The molecule has 0 atom stereocenters. The van der Waals surface area contributed by atoms with E-state index < -0.39 is 0 Å². The van der Waals surface area contributed by atoms with Gasteiger partial charge < -0.3 is 14.4 Å². The summed E-state index contributed by atoms with van der Waals surface area (Å²) in [7, 11) is 2.04. The van der Waals surface area contributed by atoms with Gasteiger partial charge in [-0.05, 0) is 30.8 Å². The van der Waals surface area contributed by atoms with Crippen molar-refractivity contribution < 1.29 is 4.79 Å². The Kier molecular flexibility index (Phi) is 5.47. The van der Waals surface area contributed by atoms with Crippen LogP contribution in [0.15, 0.2) is 41.3 Å². The lowest BCUT2D eigenvalue weighted by Gasteiger charge is -2.32. The van der Waals surface area contributed by atoms with E-state index in [2.05, 4.69) is 4.90 Å². The summed E-state index contributed by atoms with van der Waals surface area (Å²) in [6.45, 7) is 3.44. The molecule has 1 amide bonds. The molecule has 1 fully saturated rings. The number of amides is 1. The Labute approximate surface area is 156 Å². The molecule has 2 aromatic rings. The summed E-state index contributed by atoms with van der Waals surface area (Å²) in [6, 6.07) is 8.26. The summed E-state index contributed by atoms with van der Waals surface area (Å²) in [5.41, 5.74) is 1.20. The van der Waals surface area contributed by atoms with Gasteiger partial charge >= 0.3 is 0 Å². The average molecular weight is 380 g/mol. The van der Waals surface area contributed by atoms with Crippen molar-refractivity contribution >= 4 is 29.1 Å². The van der Waals surface area contributed by atoms with E-state index in [4.69, 9.17) is 23.2 Å². The lowest BCUT2D eigenvalue weighted by atomic mass is 10.2. The number of rotatable bonds is 3. The van der Waals surface area contributed by atoms with Gasteiger partial charge in [-0.1, -0.05) is 29.3 Å². The van der Waals surface area contributed by atoms with Crippen molar-refractivity contribution in [2.75, 3.05) is 33.2 Å². The van der Waals surface area contributed by atoms with E-state index in [1.54, 1.807) is 24.4 Å². The molecular weight excluding hydrogens is 361 g/mol. The summed E-state index contributed by atoms with van der Waals surface area (Å²) in [4.78, 5) is 28.8. The molecule has 0 radical (unpaired) electrons. The number of aromatic nitrogens is 1. The predicted octanol–water partition coefficient (Wildman–Crippen LogP) is 2.59. The zero-order chi connectivity index (χ0) is 18.0. The molecule has 0 saturated carbocycles. The number of nitrogens with zero attached hydrogens (tertiary/aromatic N) is 3. The minimum Gasteiger partial charge on any atom is -0.336 e. The van der Waals surface area contributed by atoms with Crippen molar-refractivity contribution in [3.63, 3.8) is 0 Å². The number of carbonyl (C=O) groups excluding carboxylic acids is 1. The van der Waals surface area contributed by atoms with Crippen LogP contribution in [0.3, 0.4) is 0 Å². The van der Waals surface area contributed by atoms with Crippen LogP contribution in [0, 0.1) is 0 Å². The molecule has 25 heavy (non-hydrogen) atoms. The quantitative estimate of drug-likeness (QED) is 0.823. The first-order chi connectivity index (χ1) is 11.9. The molecule has 0 spiro atoms. The smallest absolute Gasteiger partial charge is 0.255 e. The maximum atomic E-state index is 12.7. The fourth-order valence-corrected chi connectivity index (χ4v) is 3.13. The van der Waals surface area contributed by atoms with E-state index in [1.165, 1.54) is 10.6 Å². The zero-order valence-electron chi connectivity index (χ0n) is 13.9. The van der Waals surface area contributed by atoms with Gasteiger partial charge in [-0.25, -0.2) is 0 Å². The van der Waals surface area contributed by atoms with Gasteiger partial charge in [-0.15, -0.1) is 0 Å². The highest BCUT2D eigenvalue weighted by Gasteiger charge is 2.20. The molecule has 5 nitrogen and oxygen atoms in total. The third-order valence-corrected chi connectivity index (χ3v) is 5.10. The summed E-state index contributed by atoms with van der Waals surface area (Å²) in [6.07, 6.45) is 1.62. The maximum absolute atomic E-state index is 12.7. The van der Waals surface area contributed by atoms with Crippen molar-refractivity contribution in [2.24, 2.45) is 0 Å². The predicted molar refractivity (Wildman–Crippen MR) is 99.7 cm³/mol. The first kappa shape index (κ1) is 18.0. The van der Waals surface area contributed by atoms with Crippen LogP contribution in [-0.4, -0.2) is 53.5 Å². The van der Waals surface area contributed by atoms with E-state index >= 15 is 0 Å². The Morgan fingerprint density at radius 3 is 2.44 bits per heavy atom. The number of likely N-dealkylation sites (N-methyl/N-ethyl adjacent to an activating group) is 1. The zero-order valence-corrected chi connectivity index (χ0v) is 15.4. The highest BCUT2D eigenvalue weighted by molar-refractivity contribution is 6.42. The molecule has 1 aromatic heterocycles. The molecule has 0 N–H and O–H groups in total. The topological polar surface area (TPSA) is 45.6 Å². The summed E-state index contributed by atoms with van der Waals surface area (Å²) in [5, 5.41) is 0.911. The fraction of sp³-hybridized carbons (Fsp3) is 0.333. The van der Waals surface area contributed by atoms with Crippen LogP contribution < -0.4 is 5.56 Å². The molecule has 3 rings (SSSR count). The van der Waals surface area contributed by atoms with Gasteiger partial charge in [0.1, 0.15) is 0 Å². The molecule has 1 saturated heterocycles. The van der Waals surface area contributed by atoms with E-state index in [0.717, 1.165) is 18.7 Å². The molecule has 1 aliphatic rings. The summed E-state index contributed by atoms with van der Waals surface area (Å²) < 4.78 is 1.52. The molecule has 7 heteroatoms. The van der Waals surface area contributed by atoms with Gasteiger partial charge in [0.05, 0.1) is 22.2 Å². The number of carbonyl (C=O) groups is 1. The minimum atomic E-state index is -0.166. The molecule has 0 aliphatic carbocycles. The van der Waals surface area contributed by atoms with E-state index in [9.17, 15) is 9.59 Å². The first-order valence-electron chi connectivity index (χ1n) is 8.06. The third kappa shape index (κ3) is 4.24. The second-order valence-electron chi connectivity index (χ2n) is 6.23. The number of pyridine rings is 1. The largest absolute Gasteiger partial charge is 0.336 e. The Balaban J connectivity index is 1.81. The van der Waals surface area contributed by atoms with E-state index in [1.807, 2.05) is 18.0 Å². The maximum Gasteiger partial charge on any atom is 0.255 e. The van der Waals surface area contributed by atoms with Crippen LogP contribution >= 0.6 is 23.2 Å². The van der Waals surface area contributed by atoms with Gasteiger partial charge in [-0.3, -0.25) is 9.59 Å². The van der Waals surface area contributed by atoms with Crippen LogP contribution in [0.25, 0.3) is 0 Å². The normalized spacial score (nSPS) is 15.4. The lowest BCUT2D eigenvalue weighted by Crippen LogP contribution is -2.47. The Hall–Kier alpha value is -1.82. The molecule has 0 bridgehead atoms. The third-order valence-electron chi connectivity index (χ3n) is 4.36. The van der Waals surface area contributed by atoms with Crippen molar-refractivity contribution in [2.45, 2.75) is 6.54 Å². The van der Waals surface area contributed by atoms with Gasteiger partial charge in [0.25, 0.3) is 11.5 Å². The second-order valence-corrected chi connectivity index (χ2v) is 7.04. The monoisotopic (exact) mass is 379 g/mol. The number of hydrogen-bond acceptors (Lipinski definition) is 3. The van der Waals surface area contributed by atoms with Crippen LogP contribution in [0.2, 0.25) is 10.0 Å². The minimum absolute atomic E-state index is 0.0454. The van der Waals surface area contributed by atoms with Crippen LogP contribution in [0.1, 0.15) is 15.9 Å². The Bertz CT molecular complexity index is 842. The van der Waals surface area contributed by atoms with Crippen LogP contribution in [0.5, 0.6) is 0 Å². The van der Waals surface area contributed by atoms with Crippen LogP contribution in [0.4, 0.5) is 0 Å². The molecule has 132 valence electrons. The average Bonchev–Trinajstić information content (AvgIpc) is 2.60. The molecule has 0 unspecified atom stereocenters. The number of halogens is 2. The van der Waals surface area contributed by atoms with Crippen molar-refractivity contribution in [3.05, 3.63) is 68.1 Å². The number of hydrogen-bond donors (Lipinski definition) is 0. The summed E-state index contributed by atoms with van der Waals surface area (Å²) >= 11 is 12.0. The fourth-order valence-electron chi connectivity index (χ4n) is 2.81. The lowest BCUT2D eigenvalue weighted by molar-refractivity contribution is 0.0663. The second kappa shape index (κ2) is 7.60. The molecule has 2 heterocycles. The van der Waals surface area contributed by atoms with Crippen molar-refractivity contribution in [1.29, 1.82) is 0 Å². The van der Waals surface area contributed by atoms with E-state index in [0.29, 0.717) is 35.2 Å². The number of benzene rings is 1. The Morgan fingerprint density at radius 2 is 1.76 bits per heavy atom. The van der Waals surface area contributed by atoms with Gasteiger partial charge in [0.15, 0.2) is 0 Å². The van der Waals surface area contributed by atoms with E-state index in [-0.39, 0.29) is 11.5 Å². The molecular formula is C18H19Cl2N3O2. The van der Waals surface area contributed by atoms with Gasteiger partial charge in [-0.2, -0.15) is 0 Å².